The quantitative estimate of drug-likeness (QED) is 0.644. The molecule has 0 atom stereocenters. The number of nitrogens with zero attached hydrogens (tertiary/aromatic N) is 1. The molecular weight excluding hydrogens is 234 g/mol. The van der Waals surface area contributed by atoms with Crippen LogP contribution in [0.2, 0.25) is 0 Å². The molecule has 2 aromatic rings. The highest BCUT2D eigenvalue weighted by Crippen LogP contribution is 2.27. The minimum atomic E-state index is 0.0507. The van der Waals surface area contributed by atoms with E-state index < -0.39 is 0 Å². The lowest BCUT2D eigenvalue weighted by Gasteiger charge is -2.03. The van der Waals surface area contributed by atoms with Crippen molar-refractivity contribution in [1.82, 2.24) is 4.98 Å². The first kappa shape index (κ1) is 11.6. The summed E-state index contributed by atoms with van der Waals surface area (Å²) in [6.07, 6.45) is 1.62. The van der Waals surface area contributed by atoms with Crippen LogP contribution in [0.1, 0.15) is 11.8 Å². The summed E-state index contributed by atoms with van der Waals surface area (Å²) >= 11 is 1.40. The van der Waals surface area contributed by atoms with Crippen LogP contribution in [0.3, 0.4) is 0 Å². The summed E-state index contributed by atoms with van der Waals surface area (Å²) in [5.41, 5.74) is 6.39. The van der Waals surface area contributed by atoms with E-state index in [9.17, 15) is 0 Å². The molecule has 3 N–H and O–H groups in total. The fourth-order valence-corrected chi connectivity index (χ4v) is 2.19. The second kappa shape index (κ2) is 4.97. The van der Waals surface area contributed by atoms with Gasteiger partial charge in [-0.15, -0.1) is 11.3 Å². The van der Waals surface area contributed by atoms with E-state index in [1.165, 1.54) is 11.3 Å². The summed E-state index contributed by atoms with van der Waals surface area (Å²) in [7, 11) is 0. The molecule has 4 nitrogen and oxygen atoms in total. The van der Waals surface area contributed by atoms with Crippen molar-refractivity contribution in [3.63, 3.8) is 0 Å². The number of benzene rings is 1. The Morgan fingerprint density at radius 1 is 1.53 bits per heavy atom. The molecule has 2 rings (SSSR count). The van der Waals surface area contributed by atoms with Crippen LogP contribution in [-0.4, -0.2) is 17.4 Å². The van der Waals surface area contributed by atoms with Crippen molar-refractivity contribution in [2.75, 3.05) is 6.61 Å². The Labute approximate surface area is 104 Å². The van der Waals surface area contributed by atoms with Gasteiger partial charge in [0, 0.05) is 11.8 Å². The monoisotopic (exact) mass is 247 g/mol. The van der Waals surface area contributed by atoms with E-state index in [1.54, 1.807) is 6.20 Å². The zero-order chi connectivity index (χ0) is 12.3. The van der Waals surface area contributed by atoms with E-state index in [0.717, 1.165) is 16.3 Å². The SMILES string of the molecule is CCOc1cccc(-c2ncc(C(=N)N)s2)c1. The van der Waals surface area contributed by atoms with Crippen molar-refractivity contribution in [2.24, 2.45) is 5.73 Å². The van der Waals surface area contributed by atoms with E-state index in [-0.39, 0.29) is 5.84 Å². The molecule has 0 unspecified atom stereocenters. The lowest BCUT2D eigenvalue weighted by atomic mass is 10.2. The van der Waals surface area contributed by atoms with Crippen LogP contribution in [0.15, 0.2) is 30.5 Å². The van der Waals surface area contributed by atoms with Gasteiger partial charge in [-0.05, 0) is 19.1 Å². The molecule has 0 fully saturated rings. The second-order valence-electron chi connectivity index (χ2n) is 3.40. The molecule has 0 bridgehead atoms. The van der Waals surface area contributed by atoms with Gasteiger partial charge in [-0.25, -0.2) is 4.98 Å². The first-order valence-electron chi connectivity index (χ1n) is 5.24. The van der Waals surface area contributed by atoms with Gasteiger partial charge in [0.2, 0.25) is 0 Å². The Morgan fingerprint density at radius 3 is 3.00 bits per heavy atom. The molecule has 0 aliphatic heterocycles. The minimum Gasteiger partial charge on any atom is -0.494 e. The van der Waals surface area contributed by atoms with Crippen LogP contribution in [0.4, 0.5) is 0 Å². The predicted molar refractivity (Wildman–Crippen MR) is 69.7 cm³/mol. The summed E-state index contributed by atoms with van der Waals surface area (Å²) in [6.45, 7) is 2.59. The minimum absolute atomic E-state index is 0.0507. The number of hydrogen-bond donors (Lipinski definition) is 2. The summed E-state index contributed by atoms with van der Waals surface area (Å²) < 4.78 is 5.43. The molecule has 1 heterocycles. The van der Waals surface area contributed by atoms with Gasteiger partial charge < -0.3 is 10.5 Å². The highest BCUT2D eigenvalue weighted by atomic mass is 32.1. The molecule has 0 saturated carbocycles. The number of aromatic nitrogens is 1. The van der Waals surface area contributed by atoms with Gasteiger partial charge in [-0.2, -0.15) is 0 Å². The number of hydrogen-bond acceptors (Lipinski definition) is 4. The molecular formula is C12H13N3OS. The molecule has 88 valence electrons. The van der Waals surface area contributed by atoms with Gasteiger partial charge in [0.05, 0.1) is 11.5 Å². The van der Waals surface area contributed by atoms with Crippen LogP contribution in [0.25, 0.3) is 10.6 Å². The molecule has 17 heavy (non-hydrogen) atoms. The molecule has 0 aliphatic rings. The molecule has 1 aromatic heterocycles. The van der Waals surface area contributed by atoms with E-state index >= 15 is 0 Å². The molecule has 1 aromatic carbocycles. The van der Waals surface area contributed by atoms with Crippen molar-refractivity contribution in [2.45, 2.75) is 6.92 Å². The third kappa shape index (κ3) is 2.62. The fraction of sp³-hybridized carbons (Fsp3) is 0.167. The summed E-state index contributed by atoms with van der Waals surface area (Å²) in [6, 6.07) is 7.74. The summed E-state index contributed by atoms with van der Waals surface area (Å²) in [5, 5.41) is 8.19. The van der Waals surface area contributed by atoms with E-state index in [2.05, 4.69) is 4.98 Å². The maximum atomic E-state index is 7.34. The van der Waals surface area contributed by atoms with Gasteiger partial charge in [-0.3, -0.25) is 5.41 Å². The number of nitrogen functional groups attached to an aromatic ring is 1. The van der Waals surface area contributed by atoms with Crippen molar-refractivity contribution < 1.29 is 4.74 Å². The van der Waals surface area contributed by atoms with E-state index in [0.29, 0.717) is 11.5 Å². The van der Waals surface area contributed by atoms with Crippen molar-refractivity contribution in [3.8, 4) is 16.3 Å². The van der Waals surface area contributed by atoms with Crippen molar-refractivity contribution in [3.05, 3.63) is 35.3 Å². The van der Waals surface area contributed by atoms with Crippen LogP contribution < -0.4 is 10.5 Å². The average molecular weight is 247 g/mol. The topological polar surface area (TPSA) is 72.0 Å². The maximum absolute atomic E-state index is 7.34. The van der Waals surface area contributed by atoms with Gasteiger partial charge in [0.1, 0.15) is 16.6 Å². The van der Waals surface area contributed by atoms with Gasteiger partial charge in [0.25, 0.3) is 0 Å². The van der Waals surface area contributed by atoms with Crippen LogP contribution in [0.5, 0.6) is 5.75 Å². The average Bonchev–Trinajstić information content (AvgIpc) is 2.79. The van der Waals surface area contributed by atoms with Crippen LogP contribution in [-0.2, 0) is 0 Å². The lowest BCUT2D eigenvalue weighted by molar-refractivity contribution is 0.340. The first-order chi connectivity index (χ1) is 8.20. The Morgan fingerprint density at radius 2 is 2.35 bits per heavy atom. The highest BCUT2D eigenvalue weighted by molar-refractivity contribution is 7.16. The fourth-order valence-electron chi connectivity index (χ4n) is 1.42. The number of nitrogens with one attached hydrogen (secondary N) is 1. The number of nitrogens with two attached hydrogens (primary N) is 1. The zero-order valence-corrected chi connectivity index (χ0v) is 10.3. The largest absolute Gasteiger partial charge is 0.494 e. The number of thiazole rings is 1. The second-order valence-corrected chi connectivity index (χ2v) is 4.43. The number of rotatable bonds is 4. The standard InChI is InChI=1S/C12H13N3OS/c1-2-16-9-5-3-4-8(6-9)12-15-7-10(17-12)11(13)14/h3-7H,2H2,1H3,(H3,13,14). The normalized spacial score (nSPS) is 10.2. The van der Waals surface area contributed by atoms with Gasteiger partial charge >= 0.3 is 0 Å². The molecule has 0 spiro atoms. The van der Waals surface area contributed by atoms with Crippen molar-refractivity contribution >= 4 is 17.2 Å². The Balaban J connectivity index is 2.31. The van der Waals surface area contributed by atoms with Gasteiger partial charge in [0.15, 0.2) is 0 Å². The smallest absolute Gasteiger partial charge is 0.134 e. The third-order valence-corrected chi connectivity index (χ3v) is 3.24. The van der Waals surface area contributed by atoms with Crippen molar-refractivity contribution in [1.29, 1.82) is 5.41 Å². The van der Waals surface area contributed by atoms with Crippen LogP contribution >= 0.6 is 11.3 Å². The van der Waals surface area contributed by atoms with E-state index in [4.69, 9.17) is 15.9 Å². The molecule has 0 aliphatic carbocycles. The Hall–Kier alpha value is -1.88. The summed E-state index contributed by atoms with van der Waals surface area (Å²) in [4.78, 5) is 4.93. The Kier molecular flexibility index (Phi) is 3.39. The lowest BCUT2D eigenvalue weighted by Crippen LogP contribution is -2.08. The summed E-state index contributed by atoms with van der Waals surface area (Å²) in [5.74, 6) is 0.874. The molecule has 0 amide bonds. The Bertz CT molecular complexity index is 536. The van der Waals surface area contributed by atoms with Gasteiger partial charge in [-0.1, -0.05) is 12.1 Å². The highest BCUT2D eigenvalue weighted by Gasteiger charge is 2.07. The zero-order valence-electron chi connectivity index (χ0n) is 9.43. The number of amidine groups is 1. The third-order valence-electron chi connectivity index (χ3n) is 2.16. The molecule has 0 saturated heterocycles. The first-order valence-corrected chi connectivity index (χ1v) is 6.06. The van der Waals surface area contributed by atoms with E-state index in [1.807, 2.05) is 31.2 Å². The molecule has 5 heteroatoms. The van der Waals surface area contributed by atoms with Crippen LogP contribution in [0, 0.1) is 5.41 Å². The maximum Gasteiger partial charge on any atom is 0.134 e. The molecule has 0 radical (unpaired) electrons. The predicted octanol–water partition coefficient (Wildman–Crippen LogP) is 2.49. The number of ether oxygens (including phenoxy) is 1.